The Kier molecular flexibility index (Phi) is 8.18. The molecule has 0 rings (SSSR count). The molecule has 0 spiro atoms. The Morgan fingerprint density at radius 2 is 1.94 bits per heavy atom. The first-order valence-electron chi connectivity index (χ1n) is 5.97. The summed E-state index contributed by atoms with van der Waals surface area (Å²) in [5, 5.41) is 3.05. The molecule has 6 heteroatoms. The molecule has 0 saturated carbocycles. The maximum atomic E-state index is 12.6. The van der Waals surface area contributed by atoms with Crippen LogP contribution in [0.5, 0.6) is 0 Å². The minimum atomic E-state index is -4.08. The Morgan fingerprint density at radius 3 is 2.39 bits per heavy atom. The predicted octanol–water partition coefficient (Wildman–Crippen LogP) is 3.24. The van der Waals surface area contributed by atoms with Gasteiger partial charge in [-0.3, -0.25) is 0 Å². The van der Waals surface area contributed by atoms with Crippen molar-refractivity contribution in [2.75, 3.05) is 19.8 Å². The average molecular weight is 271 g/mol. The van der Waals surface area contributed by atoms with E-state index in [1.54, 1.807) is 0 Å². The van der Waals surface area contributed by atoms with Gasteiger partial charge in [-0.05, 0) is 19.4 Å². The van der Waals surface area contributed by atoms with Crippen molar-refractivity contribution in [3.63, 3.8) is 0 Å². The SMILES string of the molecule is C=C(CC)CC(COCC(F)(F)C(F)F)NCC. The maximum Gasteiger partial charge on any atom is 0.330 e. The van der Waals surface area contributed by atoms with Crippen LogP contribution in [-0.4, -0.2) is 38.1 Å². The highest BCUT2D eigenvalue weighted by molar-refractivity contribution is 4.96. The van der Waals surface area contributed by atoms with E-state index >= 15 is 0 Å². The van der Waals surface area contributed by atoms with E-state index in [1.165, 1.54) is 0 Å². The normalized spacial score (nSPS) is 13.9. The molecule has 0 fully saturated rings. The van der Waals surface area contributed by atoms with Gasteiger partial charge in [-0.25, -0.2) is 8.78 Å². The van der Waals surface area contributed by atoms with Crippen molar-refractivity contribution in [3.8, 4) is 0 Å². The van der Waals surface area contributed by atoms with Crippen molar-refractivity contribution in [3.05, 3.63) is 12.2 Å². The first kappa shape index (κ1) is 17.4. The van der Waals surface area contributed by atoms with Gasteiger partial charge in [0, 0.05) is 6.04 Å². The topological polar surface area (TPSA) is 21.3 Å². The van der Waals surface area contributed by atoms with E-state index < -0.39 is 19.0 Å². The van der Waals surface area contributed by atoms with E-state index in [9.17, 15) is 17.6 Å². The fourth-order valence-electron chi connectivity index (χ4n) is 1.37. The van der Waals surface area contributed by atoms with Crippen LogP contribution in [0.15, 0.2) is 12.2 Å². The predicted molar refractivity (Wildman–Crippen MR) is 63.3 cm³/mol. The molecule has 18 heavy (non-hydrogen) atoms. The smallest absolute Gasteiger partial charge is 0.330 e. The number of alkyl halides is 4. The van der Waals surface area contributed by atoms with Crippen LogP contribution in [0.2, 0.25) is 0 Å². The lowest BCUT2D eigenvalue weighted by molar-refractivity contribution is -0.167. The molecule has 0 aliphatic carbocycles. The van der Waals surface area contributed by atoms with Gasteiger partial charge >= 0.3 is 12.3 Å². The van der Waals surface area contributed by atoms with E-state index in [0.29, 0.717) is 13.0 Å². The Labute approximate surface area is 105 Å². The van der Waals surface area contributed by atoms with Crippen LogP contribution in [0.3, 0.4) is 0 Å². The quantitative estimate of drug-likeness (QED) is 0.486. The van der Waals surface area contributed by atoms with Crippen molar-refractivity contribution in [2.24, 2.45) is 0 Å². The standard InChI is InChI=1S/C12H21F4NO/c1-4-9(3)6-10(17-5-2)7-18-8-12(15,16)11(13)14/h10-11,17H,3-8H2,1-2H3. The molecule has 0 amide bonds. The van der Waals surface area contributed by atoms with Gasteiger partial charge in [-0.2, -0.15) is 8.78 Å². The van der Waals surface area contributed by atoms with Gasteiger partial charge in [0.15, 0.2) is 0 Å². The summed E-state index contributed by atoms with van der Waals surface area (Å²) in [6.07, 6.45) is -2.32. The first-order valence-corrected chi connectivity index (χ1v) is 5.97. The molecule has 0 heterocycles. The molecule has 0 aliphatic rings. The summed E-state index contributed by atoms with van der Waals surface area (Å²) in [6, 6.07) is -0.170. The van der Waals surface area contributed by atoms with Crippen molar-refractivity contribution in [1.29, 1.82) is 0 Å². The molecule has 1 unspecified atom stereocenters. The number of nitrogens with one attached hydrogen (secondary N) is 1. The Hall–Kier alpha value is -0.620. The Bertz CT molecular complexity index is 246. The van der Waals surface area contributed by atoms with E-state index in [2.05, 4.69) is 16.6 Å². The number of rotatable bonds is 10. The van der Waals surface area contributed by atoms with Crippen molar-refractivity contribution >= 4 is 0 Å². The number of ether oxygens (including phenoxy) is 1. The summed E-state index contributed by atoms with van der Waals surface area (Å²) in [4.78, 5) is 0. The fraction of sp³-hybridized carbons (Fsp3) is 0.833. The van der Waals surface area contributed by atoms with Gasteiger partial charge in [0.1, 0.15) is 6.61 Å². The van der Waals surface area contributed by atoms with Gasteiger partial charge < -0.3 is 10.1 Å². The third kappa shape index (κ3) is 6.96. The molecule has 2 nitrogen and oxygen atoms in total. The van der Waals surface area contributed by atoms with E-state index in [0.717, 1.165) is 12.0 Å². The monoisotopic (exact) mass is 271 g/mol. The highest BCUT2D eigenvalue weighted by atomic mass is 19.3. The van der Waals surface area contributed by atoms with Crippen LogP contribution in [0.1, 0.15) is 26.7 Å². The fourth-order valence-corrected chi connectivity index (χ4v) is 1.37. The molecule has 0 aliphatic heterocycles. The zero-order chi connectivity index (χ0) is 14.2. The zero-order valence-corrected chi connectivity index (χ0v) is 10.8. The van der Waals surface area contributed by atoms with Gasteiger partial charge in [0.25, 0.3) is 0 Å². The summed E-state index contributed by atoms with van der Waals surface area (Å²) in [5.41, 5.74) is 0.963. The summed E-state index contributed by atoms with van der Waals surface area (Å²) in [5.74, 6) is -4.08. The number of halogens is 4. The van der Waals surface area contributed by atoms with Crippen molar-refractivity contribution < 1.29 is 22.3 Å². The van der Waals surface area contributed by atoms with Crippen LogP contribution >= 0.6 is 0 Å². The lowest BCUT2D eigenvalue weighted by atomic mass is 10.1. The lowest BCUT2D eigenvalue weighted by Gasteiger charge is -2.21. The van der Waals surface area contributed by atoms with Crippen molar-refractivity contribution in [1.82, 2.24) is 5.32 Å². The summed E-state index contributed by atoms with van der Waals surface area (Å²) < 4.78 is 53.7. The molecule has 0 aromatic heterocycles. The first-order chi connectivity index (χ1) is 8.33. The minimum Gasteiger partial charge on any atom is -0.373 e. The van der Waals surface area contributed by atoms with E-state index in [-0.39, 0.29) is 12.6 Å². The second-order valence-corrected chi connectivity index (χ2v) is 4.14. The van der Waals surface area contributed by atoms with E-state index in [4.69, 9.17) is 0 Å². The van der Waals surface area contributed by atoms with Gasteiger partial charge in [-0.15, -0.1) is 0 Å². The van der Waals surface area contributed by atoms with Gasteiger partial charge in [0.05, 0.1) is 6.61 Å². The molecule has 0 radical (unpaired) electrons. The summed E-state index contributed by atoms with van der Waals surface area (Å²) in [7, 11) is 0. The van der Waals surface area contributed by atoms with Crippen LogP contribution in [-0.2, 0) is 4.74 Å². The second-order valence-electron chi connectivity index (χ2n) is 4.14. The molecule has 0 bridgehead atoms. The van der Waals surface area contributed by atoms with Crippen LogP contribution < -0.4 is 5.32 Å². The van der Waals surface area contributed by atoms with E-state index in [1.807, 2.05) is 13.8 Å². The second kappa shape index (κ2) is 8.48. The summed E-state index contributed by atoms with van der Waals surface area (Å²) in [6.45, 7) is 6.99. The molecule has 0 saturated heterocycles. The zero-order valence-electron chi connectivity index (χ0n) is 10.8. The average Bonchev–Trinajstić information content (AvgIpc) is 2.28. The number of hydrogen-bond donors (Lipinski definition) is 1. The highest BCUT2D eigenvalue weighted by Gasteiger charge is 2.41. The third-order valence-corrected chi connectivity index (χ3v) is 2.46. The lowest BCUT2D eigenvalue weighted by Crippen LogP contribution is -2.38. The molecule has 0 aromatic rings. The molecule has 108 valence electrons. The molecule has 1 N–H and O–H groups in total. The Balaban J connectivity index is 4.08. The molecular weight excluding hydrogens is 250 g/mol. The summed E-state index contributed by atoms with van der Waals surface area (Å²) >= 11 is 0. The van der Waals surface area contributed by atoms with Crippen LogP contribution in [0, 0.1) is 0 Å². The molecule has 1 atom stereocenters. The molecular formula is C12H21F4NO. The van der Waals surface area contributed by atoms with Crippen molar-refractivity contribution in [2.45, 2.75) is 45.1 Å². The third-order valence-electron chi connectivity index (χ3n) is 2.46. The Morgan fingerprint density at radius 1 is 1.33 bits per heavy atom. The largest absolute Gasteiger partial charge is 0.373 e. The number of likely N-dealkylation sites (N-methyl/N-ethyl adjacent to an activating group) is 1. The van der Waals surface area contributed by atoms with Crippen LogP contribution in [0.25, 0.3) is 0 Å². The minimum absolute atomic E-state index is 0.0326. The van der Waals surface area contributed by atoms with Crippen LogP contribution in [0.4, 0.5) is 17.6 Å². The highest BCUT2D eigenvalue weighted by Crippen LogP contribution is 2.23. The van der Waals surface area contributed by atoms with Gasteiger partial charge in [0.2, 0.25) is 0 Å². The maximum absolute atomic E-state index is 12.6. The molecule has 0 aromatic carbocycles. The number of hydrogen-bond acceptors (Lipinski definition) is 2. The van der Waals surface area contributed by atoms with Gasteiger partial charge in [-0.1, -0.05) is 26.0 Å².